The van der Waals surface area contributed by atoms with Gasteiger partial charge in [0.1, 0.15) is 0 Å². The summed E-state index contributed by atoms with van der Waals surface area (Å²) in [7, 11) is -0.327. The fraction of sp³-hybridized carbons (Fsp3) is 0.417. The molecule has 1 aromatic carbocycles. The maximum atomic E-state index is 11.9. The number of methoxy groups -OCH3 is 1. The Bertz CT molecular complexity index is 434. The lowest BCUT2D eigenvalue weighted by Gasteiger charge is -2.20. The van der Waals surface area contributed by atoms with Gasteiger partial charge in [0.05, 0.1) is 7.11 Å². The van der Waals surface area contributed by atoms with Gasteiger partial charge in [-0.15, -0.1) is 0 Å². The monoisotopic (exact) mass is 267 g/mol. The zero-order valence-electron chi connectivity index (χ0n) is 11.3. The number of carbonyl (C=O) groups excluding carboxylic acids is 1. The lowest BCUT2D eigenvalue weighted by atomic mass is 9.79. The first-order valence-corrected chi connectivity index (χ1v) is 6.04. The Morgan fingerprint density at radius 3 is 2.42 bits per heavy atom. The maximum Gasteiger partial charge on any atom is 0.492 e. The number of para-hydroxylation sites is 1. The second-order valence-corrected chi connectivity index (χ2v) is 3.79. The predicted octanol–water partition coefficient (Wildman–Crippen LogP) is 0.216. The van der Waals surface area contributed by atoms with Gasteiger partial charge in [-0.05, 0) is 19.9 Å². The molecule has 104 valence electrons. The van der Waals surface area contributed by atoms with E-state index in [1.165, 1.54) is 18.1 Å². The maximum absolute atomic E-state index is 11.9. The molecule has 1 amide bonds. The van der Waals surface area contributed by atoms with Gasteiger partial charge in [-0.25, -0.2) is 4.79 Å². The highest BCUT2D eigenvalue weighted by atomic mass is 16.6. The number of hydrogen-bond acceptors (Lipinski definition) is 5. The summed E-state index contributed by atoms with van der Waals surface area (Å²) in [6.45, 7) is 4.66. The van der Waals surface area contributed by atoms with E-state index in [1.54, 1.807) is 12.1 Å². The van der Waals surface area contributed by atoms with Crippen LogP contribution in [0.5, 0.6) is 11.5 Å². The quantitative estimate of drug-likeness (QED) is 0.746. The molecule has 1 aromatic rings. The highest BCUT2D eigenvalue weighted by Gasteiger charge is 2.24. The first-order chi connectivity index (χ1) is 9.04. The average molecular weight is 267 g/mol. The molecule has 0 radical (unpaired) electrons. The van der Waals surface area contributed by atoms with Crippen LogP contribution in [0, 0.1) is 0 Å². The molecular weight excluding hydrogens is 249 g/mol. The number of carbonyl (C=O) groups is 1. The van der Waals surface area contributed by atoms with Gasteiger partial charge in [0.15, 0.2) is 11.5 Å². The summed E-state index contributed by atoms with van der Waals surface area (Å²) >= 11 is 0. The van der Waals surface area contributed by atoms with E-state index in [9.17, 15) is 14.8 Å². The fourth-order valence-corrected chi connectivity index (χ4v) is 1.64. The van der Waals surface area contributed by atoms with Crippen molar-refractivity contribution in [1.29, 1.82) is 0 Å². The SMILES string of the molecule is CCN(CC)C(=O)Oc1c(OC)cccc1B(O)O. The second-order valence-electron chi connectivity index (χ2n) is 3.79. The van der Waals surface area contributed by atoms with E-state index in [4.69, 9.17) is 9.47 Å². The molecule has 0 spiro atoms. The van der Waals surface area contributed by atoms with Crippen LogP contribution in [0.1, 0.15) is 13.8 Å². The van der Waals surface area contributed by atoms with E-state index in [2.05, 4.69) is 0 Å². The normalized spacial score (nSPS) is 9.95. The van der Waals surface area contributed by atoms with Crippen molar-refractivity contribution in [3.05, 3.63) is 18.2 Å². The molecular formula is C12H18BNO5. The lowest BCUT2D eigenvalue weighted by Crippen LogP contribution is -2.37. The number of nitrogens with zero attached hydrogens (tertiary/aromatic N) is 1. The molecule has 0 aliphatic heterocycles. The van der Waals surface area contributed by atoms with Crippen LogP contribution in [0.2, 0.25) is 0 Å². The van der Waals surface area contributed by atoms with Crippen LogP contribution in [-0.4, -0.2) is 48.4 Å². The molecule has 0 bridgehead atoms. The van der Waals surface area contributed by atoms with Crippen molar-refractivity contribution in [1.82, 2.24) is 4.90 Å². The molecule has 6 nitrogen and oxygen atoms in total. The summed E-state index contributed by atoms with van der Waals surface area (Å²) < 4.78 is 10.3. The minimum atomic E-state index is -1.74. The predicted molar refractivity (Wildman–Crippen MR) is 71.8 cm³/mol. The molecule has 0 unspecified atom stereocenters. The molecule has 0 saturated heterocycles. The van der Waals surface area contributed by atoms with Crippen molar-refractivity contribution in [3.63, 3.8) is 0 Å². The van der Waals surface area contributed by atoms with E-state index in [0.717, 1.165) is 0 Å². The molecule has 0 aromatic heterocycles. The standard InChI is InChI=1S/C12H18BNO5/c1-4-14(5-2)12(15)19-11-9(13(16)17)7-6-8-10(11)18-3/h6-8,16-17H,4-5H2,1-3H3. The molecule has 0 aliphatic rings. The Labute approximate surface area is 112 Å². The molecule has 0 fully saturated rings. The minimum Gasteiger partial charge on any atom is -0.493 e. The molecule has 2 N–H and O–H groups in total. The topological polar surface area (TPSA) is 79.2 Å². The van der Waals surface area contributed by atoms with Crippen molar-refractivity contribution >= 4 is 18.7 Å². The number of rotatable bonds is 5. The summed E-state index contributed by atoms with van der Waals surface area (Å²) in [6, 6.07) is 4.62. The lowest BCUT2D eigenvalue weighted by molar-refractivity contribution is 0.156. The van der Waals surface area contributed by atoms with Crippen LogP contribution in [-0.2, 0) is 0 Å². The number of amides is 1. The summed E-state index contributed by atoms with van der Waals surface area (Å²) in [5, 5.41) is 18.6. The van der Waals surface area contributed by atoms with Gasteiger partial charge in [-0.2, -0.15) is 0 Å². The molecule has 1 rings (SSSR count). The van der Waals surface area contributed by atoms with Gasteiger partial charge in [-0.1, -0.05) is 12.1 Å². The summed E-state index contributed by atoms with van der Waals surface area (Å²) in [6.07, 6.45) is -0.559. The van der Waals surface area contributed by atoms with Crippen LogP contribution in [0.4, 0.5) is 4.79 Å². The Balaban J connectivity index is 3.07. The van der Waals surface area contributed by atoms with Crippen molar-refractivity contribution in [2.75, 3.05) is 20.2 Å². The summed E-state index contributed by atoms with van der Waals surface area (Å²) in [4.78, 5) is 13.4. The highest BCUT2D eigenvalue weighted by molar-refractivity contribution is 6.60. The minimum absolute atomic E-state index is 0.0249. The van der Waals surface area contributed by atoms with E-state index >= 15 is 0 Å². The Morgan fingerprint density at radius 1 is 1.32 bits per heavy atom. The molecule has 0 atom stereocenters. The third kappa shape index (κ3) is 3.62. The third-order valence-corrected chi connectivity index (χ3v) is 2.72. The van der Waals surface area contributed by atoms with Gasteiger partial charge in [0.25, 0.3) is 0 Å². The van der Waals surface area contributed by atoms with Crippen LogP contribution in [0.25, 0.3) is 0 Å². The fourth-order valence-electron chi connectivity index (χ4n) is 1.64. The Kier molecular flexibility index (Phi) is 5.66. The smallest absolute Gasteiger partial charge is 0.492 e. The van der Waals surface area contributed by atoms with Crippen molar-refractivity contribution < 1.29 is 24.3 Å². The molecule has 0 saturated carbocycles. The van der Waals surface area contributed by atoms with Gasteiger partial charge in [0.2, 0.25) is 0 Å². The van der Waals surface area contributed by atoms with Crippen LogP contribution in [0.3, 0.4) is 0 Å². The average Bonchev–Trinajstić information content (AvgIpc) is 2.40. The number of benzene rings is 1. The molecule has 7 heteroatoms. The van der Waals surface area contributed by atoms with Gasteiger partial charge in [0, 0.05) is 18.6 Å². The van der Waals surface area contributed by atoms with Crippen molar-refractivity contribution in [2.45, 2.75) is 13.8 Å². The largest absolute Gasteiger partial charge is 0.493 e. The molecule has 0 heterocycles. The van der Waals surface area contributed by atoms with E-state index in [0.29, 0.717) is 13.1 Å². The highest BCUT2D eigenvalue weighted by Crippen LogP contribution is 2.25. The first-order valence-electron chi connectivity index (χ1n) is 6.04. The Hall–Kier alpha value is -1.73. The number of ether oxygens (including phenoxy) is 2. The van der Waals surface area contributed by atoms with Crippen molar-refractivity contribution in [2.24, 2.45) is 0 Å². The molecule has 19 heavy (non-hydrogen) atoms. The second kappa shape index (κ2) is 7.01. The van der Waals surface area contributed by atoms with Gasteiger partial charge in [-0.3, -0.25) is 0 Å². The third-order valence-electron chi connectivity index (χ3n) is 2.72. The molecule has 0 aliphatic carbocycles. The first kappa shape index (κ1) is 15.3. The summed E-state index contributed by atoms with van der Waals surface area (Å²) in [5.74, 6) is 0.294. The van der Waals surface area contributed by atoms with Crippen LogP contribution in [0.15, 0.2) is 18.2 Å². The van der Waals surface area contributed by atoms with Gasteiger partial charge >= 0.3 is 13.2 Å². The van der Waals surface area contributed by atoms with E-state index < -0.39 is 13.2 Å². The Morgan fingerprint density at radius 2 is 1.95 bits per heavy atom. The zero-order chi connectivity index (χ0) is 14.4. The summed E-state index contributed by atoms with van der Waals surface area (Å²) in [5.41, 5.74) is 0.0832. The van der Waals surface area contributed by atoms with E-state index in [1.807, 2.05) is 13.8 Å². The van der Waals surface area contributed by atoms with Crippen molar-refractivity contribution in [3.8, 4) is 11.5 Å². The van der Waals surface area contributed by atoms with Crippen LogP contribution >= 0.6 is 0 Å². The van der Waals surface area contributed by atoms with Gasteiger partial charge < -0.3 is 24.4 Å². The van der Waals surface area contributed by atoms with E-state index in [-0.39, 0.29) is 17.0 Å². The van der Waals surface area contributed by atoms with Crippen LogP contribution < -0.4 is 14.9 Å². The zero-order valence-corrected chi connectivity index (χ0v) is 11.3. The number of hydrogen-bond donors (Lipinski definition) is 2.